The van der Waals surface area contributed by atoms with Crippen molar-refractivity contribution < 1.29 is 9.30 Å². The summed E-state index contributed by atoms with van der Waals surface area (Å²) in [6, 6.07) is 26.7. The standard InChI is InChI=1S/C38H45N3OS2/c1-7-12-28-18-20-30(22-26(28)4)43-24-40-35-16-10-15-34(33-14-11-17-36(42-6)32(33)9-3)37(35)41(38(40)39)25-44-31-21-19-29(13-8-2)27(5)23-31/h10-11,14-23,39H,7-9,12-13,24-25H2,1-6H3/p+1. The molecule has 0 aliphatic heterocycles. The molecule has 4 nitrogen and oxygen atoms in total. The first kappa shape index (κ1) is 32.1. The number of aromatic nitrogens is 2. The van der Waals surface area contributed by atoms with Gasteiger partial charge in [-0.3, -0.25) is 5.73 Å². The minimum atomic E-state index is 0.722. The molecule has 0 amide bonds. The first-order chi connectivity index (χ1) is 21.4. The second-order valence-corrected chi connectivity index (χ2v) is 13.5. The van der Waals surface area contributed by atoms with Crippen molar-refractivity contribution in [3.8, 4) is 16.9 Å². The van der Waals surface area contributed by atoms with Crippen LogP contribution in [0.15, 0.2) is 82.6 Å². The summed E-state index contributed by atoms with van der Waals surface area (Å²) in [7, 11) is 1.76. The average molecular weight is 625 g/mol. The summed E-state index contributed by atoms with van der Waals surface area (Å²) in [6.07, 6.45) is 5.44. The number of nitrogens with two attached hydrogens (primary N) is 1. The first-order valence-electron chi connectivity index (χ1n) is 15.8. The Labute approximate surface area is 272 Å². The lowest BCUT2D eigenvalue weighted by molar-refractivity contribution is -0.634. The zero-order valence-corrected chi connectivity index (χ0v) is 28.7. The van der Waals surface area contributed by atoms with Crippen molar-refractivity contribution in [1.29, 1.82) is 0 Å². The minimum Gasteiger partial charge on any atom is -0.496 e. The maximum atomic E-state index is 7.08. The molecule has 0 fully saturated rings. The highest BCUT2D eigenvalue weighted by atomic mass is 32.2. The van der Waals surface area contributed by atoms with Gasteiger partial charge in [0.25, 0.3) is 0 Å². The second kappa shape index (κ2) is 14.6. The van der Waals surface area contributed by atoms with Crippen LogP contribution in [0.4, 0.5) is 5.95 Å². The molecule has 1 heterocycles. The van der Waals surface area contributed by atoms with E-state index in [1.54, 1.807) is 7.11 Å². The van der Waals surface area contributed by atoms with Crippen LogP contribution in [0, 0.1) is 13.8 Å². The lowest BCUT2D eigenvalue weighted by Crippen LogP contribution is -2.35. The van der Waals surface area contributed by atoms with Gasteiger partial charge in [0.15, 0.2) is 0 Å². The molecule has 0 bridgehead atoms. The van der Waals surface area contributed by atoms with Crippen molar-refractivity contribution in [2.75, 3.05) is 12.8 Å². The van der Waals surface area contributed by atoms with E-state index in [9.17, 15) is 0 Å². The Morgan fingerprint density at radius 1 is 0.773 bits per heavy atom. The SMILES string of the molecule is CCCc1ccc(SCn2c(N)[n+](CSc3ccc(CCC)c(C)c3)c3c(-c4cccc(OC)c4CC)cccc32)cc1C. The Kier molecular flexibility index (Phi) is 10.7. The summed E-state index contributed by atoms with van der Waals surface area (Å²) < 4.78 is 10.4. The molecule has 0 aliphatic carbocycles. The fraction of sp³-hybridized carbons (Fsp3) is 0.342. The van der Waals surface area contributed by atoms with Crippen LogP contribution >= 0.6 is 23.5 Å². The van der Waals surface area contributed by atoms with Gasteiger partial charge in [-0.25, -0.2) is 9.13 Å². The van der Waals surface area contributed by atoms with Gasteiger partial charge in [0.2, 0.25) is 0 Å². The normalized spacial score (nSPS) is 11.4. The van der Waals surface area contributed by atoms with E-state index in [1.807, 2.05) is 23.5 Å². The van der Waals surface area contributed by atoms with E-state index in [0.29, 0.717) is 0 Å². The van der Waals surface area contributed by atoms with Crippen molar-refractivity contribution >= 4 is 40.5 Å². The zero-order valence-electron chi connectivity index (χ0n) is 27.1. The fourth-order valence-electron chi connectivity index (χ4n) is 6.17. The van der Waals surface area contributed by atoms with E-state index < -0.39 is 0 Å². The molecule has 2 N–H and O–H groups in total. The van der Waals surface area contributed by atoms with Gasteiger partial charge in [0.05, 0.1) is 7.11 Å². The molecule has 44 heavy (non-hydrogen) atoms. The average Bonchev–Trinajstić information content (AvgIpc) is 3.31. The molecule has 0 radical (unpaired) electrons. The number of nitrogens with zero attached hydrogens (tertiary/aromatic N) is 2. The Morgan fingerprint density at radius 3 is 1.98 bits per heavy atom. The molecule has 0 atom stereocenters. The van der Waals surface area contributed by atoms with E-state index in [1.165, 1.54) is 48.7 Å². The van der Waals surface area contributed by atoms with Crippen LogP contribution in [0.1, 0.15) is 61.4 Å². The Bertz CT molecular complexity index is 1760. The van der Waals surface area contributed by atoms with Crippen molar-refractivity contribution in [3.05, 3.63) is 101 Å². The smallest absolute Gasteiger partial charge is 0.357 e. The number of hydrogen-bond acceptors (Lipinski definition) is 4. The summed E-state index contributed by atoms with van der Waals surface area (Å²) in [5.41, 5.74) is 18.6. The third-order valence-corrected chi connectivity index (χ3v) is 10.5. The molecule has 0 saturated heterocycles. The topological polar surface area (TPSA) is 44.1 Å². The van der Waals surface area contributed by atoms with E-state index in [2.05, 4.69) is 117 Å². The summed E-state index contributed by atoms with van der Waals surface area (Å²) in [4.78, 5) is 2.53. The van der Waals surface area contributed by atoms with E-state index in [-0.39, 0.29) is 0 Å². The zero-order chi connectivity index (χ0) is 31.2. The lowest BCUT2D eigenvalue weighted by Gasteiger charge is -2.14. The van der Waals surface area contributed by atoms with Gasteiger partial charge in [0.1, 0.15) is 28.5 Å². The second-order valence-electron chi connectivity index (χ2n) is 11.5. The van der Waals surface area contributed by atoms with Gasteiger partial charge in [-0.15, -0.1) is 0 Å². The summed E-state index contributed by atoms with van der Waals surface area (Å²) >= 11 is 3.68. The predicted molar refractivity (Wildman–Crippen MR) is 190 cm³/mol. The van der Waals surface area contributed by atoms with E-state index >= 15 is 0 Å². The fourth-order valence-corrected chi connectivity index (χ4v) is 8.11. The van der Waals surface area contributed by atoms with Crippen LogP contribution in [0.25, 0.3) is 22.2 Å². The van der Waals surface area contributed by atoms with Gasteiger partial charge in [-0.1, -0.05) is 93.5 Å². The monoisotopic (exact) mass is 624 g/mol. The highest BCUT2D eigenvalue weighted by molar-refractivity contribution is 7.98. The number of methoxy groups -OCH3 is 1. The third-order valence-electron chi connectivity index (χ3n) is 8.51. The van der Waals surface area contributed by atoms with Crippen LogP contribution in [-0.4, -0.2) is 11.7 Å². The van der Waals surface area contributed by atoms with Crippen molar-refractivity contribution in [2.45, 2.75) is 88.3 Å². The number of para-hydroxylation sites is 1. The first-order valence-corrected chi connectivity index (χ1v) is 17.8. The largest absolute Gasteiger partial charge is 0.496 e. The van der Waals surface area contributed by atoms with Crippen molar-refractivity contribution in [3.63, 3.8) is 0 Å². The van der Waals surface area contributed by atoms with Crippen LogP contribution < -0.4 is 15.0 Å². The molecule has 0 saturated carbocycles. The number of thioether (sulfide) groups is 2. The molecule has 0 aliphatic rings. The Hall–Kier alpha value is -3.35. The van der Waals surface area contributed by atoms with Gasteiger partial charge in [-0.05, 0) is 97.3 Å². The minimum absolute atomic E-state index is 0.722. The molecule has 0 unspecified atom stereocenters. The predicted octanol–water partition coefficient (Wildman–Crippen LogP) is 9.77. The van der Waals surface area contributed by atoms with Gasteiger partial charge < -0.3 is 4.74 Å². The number of ether oxygens (including phenoxy) is 1. The van der Waals surface area contributed by atoms with Crippen LogP contribution in [0.3, 0.4) is 0 Å². The molecular weight excluding hydrogens is 579 g/mol. The van der Waals surface area contributed by atoms with Gasteiger partial charge >= 0.3 is 5.95 Å². The molecule has 6 heteroatoms. The number of aryl methyl sites for hydroxylation is 4. The molecular formula is C38H46N3OS2+. The number of rotatable bonds is 13. The van der Waals surface area contributed by atoms with Crippen molar-refractivity contribution in [1.82, 2.24) is 4.57 Å². The molecule has 230 valence electrons. The molecule has 1 aromatic heterocycles. The van der Waals surface area contributed by atoms with Crippen LogP contribution in [-0.2, 0) is 31.0 Å². The number of benzene rings is 4. The number of fused-ring (bicyclic) bond motifs is 1. The van der Waals surface area contributed by atoms with Crippen molar-refractivity contribution in [2.24, 2.45) is 0 Å². The number of anilines is 1. The molecule has 0 spiro atoms. The molecule has 5 aromatic rings. The summed E-state index contributed by atoms with van der Waals surface area (Å²) in [5.74, 6) is 3.15. The van der Waals surface area contributed by atoms with E-state index in [4.69, 9.17) is 10.5 Å². The molecule has 5 rings (SSSR count). The Balaban J connectivity index is 1.58. The maximum Gasteiger partial charge on any atom is 0.357 e. The number of hydrogen-bond donors (Lipinski definition) is 1. The van der Waals surface area contributed by atoms with Crippen LogP contribution in [0.2, 0.25) is 0 Å². The van der Waals surface area contributed by atoms with Gasteiger partial charge in [-0.2, -0.15) is 0 Å². The quantitative estimate of drug-likeness (QED) is 0.105. The highest BCUT2D eigenvalue weighted by Crippen LogP contribution is 2.37. The van der Waals surface area contributed by atoms with E-state index in [0.717, 1.165) is 66.6 Å². The van der Waals surface area contributed by atoms with Gasteiger partial charge in [0, 0.05) is 20.9 Å². The maximum absolute atomic E-state index is 7.08. The number of nitrogen functional groups attached to an aromatic ring is 1. The Morgan fingerprint density at radius 2 is 1.39 bits per heavy atom. The third kappa shape index (κ3) is 6.67. The van der Waals surface area contributed by atoms with Crippen LogP contribution in [0.5, 0.6) is 5.75 Å². The summed E-state index contributed by atoms with van der Waals surface area (Å²) in [6.45, 7) is 11.1. The highest BCUT2D eigenvalue weighted by Gasteiger charge is 2.26. The summed E-state index contributed by atoms with van der Waals surface area (Å²) in [5, 5.41) is 0. The lowest BCUT2D eigenvalue weighted by atomic mass is 9.96. The number of imidazole rings is 1. The molecule has 4 aromatic carbocycles.